The summed E-state index contributed by atoms with van der Waals surface area (Å²) < 4.78 is 17.1. The zero-order valence-corrected chi connectivity index (χ0v) is 19.7. The molecule has 4 rings (SSSR count). The van der Waals surface area contributed by atoms with Crippen LogP contribution in [0.4, 0.5) is 0 Å². The Bertz CT molecular complexity index is 846. The van der Waals surface area contributed by atoms with Crippen molar-refractivity contribution in [1.29, 1.82) is 0 Å². The van der Waals surface area contributed by atoms with Crippen LogP contribution in [-0.4, -0.2) is 80.8 Å². The summed E-state index contributed by atoms with van der Waals surface area (Å²) in [5.41, 5.74) is 1.90. The van der Waals surface area contributed by atoms with Crippen molar-refractivity contribution in [2.75, 3.05) is 59.2 Å². The molecule has 178 valence electrons. The lowest BCUT2D eigenvalue weighted by Crippen LogP contribution is -2.55. The molecular weight excluding hydrogens is 416 g/mol. The van der Waals surface area contributed by atoms with Crippen LogP contribution in [0, 0.1) is 0 Å². The lowest BCUT2D eigenvalue weighted by atomic mass is 9.89. The Balaban J connectivity index is 1.64. The van der Waals surface area contributed by atoms with Gasteiger partial charge in [0.25, 0.3) is 0 Å². The van der Waals surface area contributed by atoms with Gasteiger partial charge in [-0.25, -0.2) is 0 Å². The van der Waals surface area contributed by atoms with Gasteiger partial charge in [0.1, 0.15) is 5.75 Å². The number of hydrogen-bond donors (Lipinski definition) is 0. The first kappa shape index (κ1) is 23.9. The van der Waals surface area contributed by atoms with Gasteiger partial charge >= 0.3 is 0 Å². The van der Waals surface area contributed by atoms with E-state index in [4.69, 9.17) is 14.2 Å². The molecule has 0 aromatic heterocycles. The van der Waals surface area contributed by atoms with Gasteiger partial charge in [-0.3, -0.25) is 14.6 Å². The summed E-state index contributed by atoms with van der Waals surface area (Å²) in [4.78, 5) is 18.8. The van der Waals surface area contributed by atoms with Crippen LogP contribution in [0.15, 0.2) is 54.6 Å². The fourth-order valence-electron chi connectivity index (χ4n) is 4.68. The Morgan fingerprint density at radius 1 is 0.879 bits per heavy atom. The second-order valence-corrected chi connectivity index (χ2v) is 8.69. The SMILES string of the molecule is CCCCOc1ccc(C(=O)C(C(c2ccccc2)N2CCOCC2)N2CCOCC2)cc1. The third-order valence-electron chi connectivity index (χ3n) is 6.49. The number of Topliss-reactive ketones (excluding diaryl/α,β-unsaturated/α-hetero) is 1. The smallest absolute Gasteiger partial charge is 0.181 e. The molecule has 2 heterocycles. The van der Waals surface area contributed by atoms with Crippen molar-refractivity contribution in [2.45, 2.75) is 31.8 Å². The lowest BCUT2D eigenvalue weighted by Gasteiger charge is -2.44. The van der Waals surface area contributed by atoms with Gasteiger partial charge < -0.3 is 14.2 Å². The Hall–Kier alpha value is -2.25. The van der Waals surface area contributed by atoms with Crippen molar-refractivity contribution in [1.82, 2.24) is 9.80 Å². The highest BCUT2D eigenvalue weighted by Gasteiger charge is 2.39. The van der Waals surface area contributed by atoms with E-state index in [1.165, 1.54) is 5.56 Å². The first-order chi connectivity index (χ1) is 16.3. The van der Waals surface area contributed by atoms with Crippen LogP contribution < -0.4 is 4.74 Å². The minimum atomic E-state index is -0.291. The summed E-state index contributed by atoms with van der Waals surface area (Å²) in [7, 11) is 0. The van der Waals surface area contributed by atoms with Crippen LogP contribution in [0.3, 0.4) is 0 Å². The number of nitrogens with zero attached hydrogens (tertiary/aromatic N) is 2. The molecule has 2 aromatic rings. The third kappa shape index (κ3) is 6.21. The first-order valence-corrected chi connectivity index (χ1v) is 12.2. The minimum absolute atomic E-state index is 0.0406. The molecule has 2 aliphatic rings. The summed E-state index contributed by atoms with van der Waals surface area (Å²) in [6.45, 7) is 8.67. The monoisotopic (exact) mass is 452 g/mol. The second kappa shape index (κ2) is 12.3. The van der Waals surface area contributed by atoms with Gasteiger partial charge in [-0.1, -0.05) is 43.7 Å². The zero-order chi connectivity index (χ0) is 22.9. The molecule has 0 saturated carbocycles. The molecule has 0 amide bonds. The highest BCUT2D eigenvalue weighted by Crippen LogP contribution is 2.32. The van der Waals surface area contributed by atoms with Gasteiger partial charge in [-0.2, -0.15) is 0 Å². The second-order valence-electron chi connectivity index (χ2n) is 8.69. The molecule has 2 aliphatic heterocycles. The molecule has 2 aromatic carbocycles. The van der Waals surface area contributed by atoms with E-state index in [1.54, 1.807) is 0 Å². The fourth-order valence-corrected chi connectivity index (χ4v) is 4.68. The Labute approximate surface area is 197 Å². The van der Waals surface area contributed by atoms with Crippen LogP contribution in [0.5, 0.6) is 5.75 Å². The van der Waals surface area contributed by atoms with E-state index < -0.39 is 0 Å². The van der Waals surface area contributed by atoms with Gasteiger partial charge in [-0.05, 0) is 36.2 Å². The van der Waals surface area contributed by atoms with Crippen molar-refractivity contribution in [3.63, 3.8) is 0 Å². The summed E-state index contributed by atoms with van der Waals surface area (Å²) in [5, 5.41) is 0. The molecular formula is C27H36N2O4. The van der Waals surface area contributed by atoms with Crippen molar-refractivity contribution in [3.05, 3.63) is 65.7 Å². The normalized spacial score (nSPS) is 19.7. The van der Waals surface area contributed by atoms with Gasteiger partial charge in [0, 0.05) is 31.7 Å². The van der Waals surface area contributed by atoms with E-state index in [0.717, 1.165) is 50.3 Å². The number of hydrogen-bond acceptors (Lipinski definition) is 6. The number of carbonyl (C=O) groups is 1. The molecule has 6 heteroatoms. The number of unbranched alkanes of at least 4 members (excludes halogenated alkanes) is 1. The summed E-state index contributed by atoms with van der Waals surface area (Å²) in [6.07, 6.45) is 2.12. The van der Waals surface area contributed by atoms with E-state index in [2.05, 4.69) is 41.0 Å². The molecule has 0 spiro atoms. The standard InChI is InChI=1S/C27H36N2O4/c1-2-3-17-33-24-11-9-23(10-12-24)27(30)26(29-15-20-32-21-16-29)25(22-7-5-4-6-8-22)28-13-18-31-19-14-28/h4-12,25-26H,2-3,13-21H2,1H3. The quantitative estimate of drug-likeness (QED) is 0.404. The molecule has 0 N–H and O–H groups in total. The Morgan fingerprint density at radius 3 is 2.09 bits per heavy atom. The predicted molar refractivity (Wildman–Crippen MR) is 129 cm³/mol. The van der Waals surface area contributed by atoms with Crippen LogP contribution in [-0.2, 0) is 9.47 Å². The highest BCUT2D eigenvalue weighted by atomic mass is 16.5. The summed E-state index contributed by atoms with van der Waals surface area (Å²) in [6, 6.07) is 17.8. The maximum atomic E-state index is 14.1. The number of rotatable bonds is 10. The Kier molecular flexibility index (Phi) is 8.89. The van der Waals surface area contributed by atoms with Crippen molar-refractivity contribution < 1.29 is 19.0 Å². The molecule has 6 nitrogen and oxygen atoms in total. The summed E-state index contributed by atoms with van der Waals surface area (Å²) >= 11 is 0. The van der Waals surface area contributed by atoms with E-state index >= 15 is 0 Å². The average Bonchev–Trinajstić information content (AvgIpc) is 2.89. The maximum Gasteiger partial charge on any atom is 0.181 e. The van der Waals surface area contributed by atoms with Crippen LogP contribution in [0.2, 0.25) is 0 Å². The zero-order valence-electron chi connectivity index (χ0n) is 19.7. The largest absolute Gasteiger partial charge is 0.494 e. The average molecular weight is 453 g/mol. The van der Waals surface area contributed by atoms with Gasteiger partial charge in [0.15, 0.2) is 5.78 Å². The molecule has 2 saturated heterocycles. The number of ether oxygens (including phenoxy) is 3. The first-order valence-electron chi connectivity index (χ1n) is 12.2. The molecule has 33 heavy (non-hydrogen) atoms. The molecule has 2 atom stereocenters. The van der Waals surface area contributed by atoms with Gasteiger partial charge in [0.05, 0.1) is 45.1 Å². The minimum Gasteiger partial charge on any atom is -0.494 e. The Morgan fingerprint density at radius 2 is 1.48 bits per heavy atom. The van der Waals surface area contributed by atoms with Crippen LogP contribution >= 0.6 is 0 Å². The van der Waals surface area contributed by atoms with Crippen molar-refractivity contribution in [3.8, 4) is 5.75 Å². The molecule has 0 radical (unpaired) electrons. The molecule has 2 unspecified atom stereocenters. The summed E-state index contributed by atoms with van der Waals surface area (Å²) in [5.74, 6) is 0.966. The predicted octanol–water partition coefficient (Wildman–Crippen LogP) is 3.82. The number of carbonyl (C=O) groups excluding carboxylic acids is 1. The topological polar surface area (TPSA) is 51.2 Å². The maximum absolute atomic E-state index is 14.1. The lowest BCUT2D eigenvalue weighted by molar-refractivity contribution is -0.0301. The van der Waals surface area contributed by atoms with Gasteiger partial charge in [0.2, 0.25) is 0 Å². The number of ketones is 1. The molecule has 2 fully saturated rings. The van der Waals surface area contributed by atoms with Crippen molar-refractivity contribution >= 4 is 5.78 Å². The van der Waals surface area contributed by atoms with E-state index in [-0.39, 0.29) is 17.9 Å². The molecule has 0 bridgehead atoms. The highest BCUT2D eigenvalue weighted by molar-refractivity contribution is 6.00. The van der Waals surface area contributed by atoms with Crippen LogP contribution in [0.25, 0.3) is 0 Å². The van der Waals surface area contributed by atoms with Gasteiger partial charge in [-0.15, -0.1) is 0 Å². The van der Waals surface area contributed by atoms with E-state index in [0.29, 0.717) is 33.0 Å². The number of morpholine rings is 2. The fraction of sp³-hybridized carbons (Fsp3) is 0.519. The molecule has 0 aliphatic carbocycles. The van der Waals surface area contributed by atoms with E-state index in [9.17, 15) is 4.79 Å². The number of benzene rings is 2. The van der Waals surface area contributed by atoms with Crippen molar-refractivity contribution in [2.24, 2.45) is 0 Å². The van der Waals surface area contributed by atoms with Crippen LogP contribution in [0.1, 0.15) is 41.7 Å². The third-order valence-corrected chi connectivity index (χ3v) is 6.49. The van der Waals surface area contributed by atoms with E-state index in [1.807, 2.05) is 30.3 Å².